The van der Waals surface area contributed by atoms with Crippen molar-refractivity contribution in [1.82, 2.24) is 5.32 Å². The summed E-state index contributed by atoms with van der Waals surface area (Å²) in [7, 11) is 1.06. The molecule has 0 aromatic rings. The molecular formula is C10H17F2NO5. The molecule has 6 nitrogen and oxygen atoms in total. The first-order valence-corrected chi connectivity index (χ1v) is 5.13. The summed E-state index contributed by atoms with van der Waals surface area (Å²) in [4.78, 5) is 22.6. The summed E-state index contributed by atoms with van der Waals surface area (Å²) in [6, 6.07) is -1.35. The van der Waals surface area contributed by atoms with Crippen LogP contribution in [0.4, 0.5) is 13.6 Å². The van der Waals surface area contributed by atoms with Gasteiger partial charge in [-0.15, -0.1) is 0 Å². The Kier molecular flexibility index (Phi) is 6.53. The van der Waals surface area contributed by atoms with E-state index in [1.807, 2.05) is 0 Å². The number of nitrogens with one attached hydrogen (secondary N) is 1. The van der Waals surface area contributed by atoms with Gasteiger partial charge in [-0.1, -0.05) is 0 Å². The number of esters is 1. The zero-order chi connectivity index (χ0) is 14.3. The van der Waals surface area contributed by atoms with Gasteiger partial charge in [-0.25, -0.2) is 9.59 Å². The summed E-state index contributed by atoms with van der Waals surface area (Å²) in [5, 5.41) is 2.09. The minimum atomic E-state index is -3.04. The van der Waals surface area contributed by atoms with Crippen molar-refractivity contribution in [3.05, 3.63) is 0 Å². The minimum absolute atomic E-state index is 0.705. The van der Waals surface area contributed by atoms with Gasteiger partial charge in [0, 0.05) is 0 Å². The Morgan fingerprint density at radius 2 is 1.83 bits per heavy atom. The van der Waals surface area contributed by atoms with Gasteiger partial charge in [0.25, 0.3) is 0 Å². The van der Waals surface area contributed by atoms with Crippen molar-refractivity contribution in [3.63, 3.8) is 0 Å². The van der Waals surface area contributed by atoms with Crippen LogP contribution in [-0.2, 0) is 19.0 Å². The molecule has 0 saturated heterocycles. The van der Waals surface area contributed by atoms with Crippen molar-refractivity contribution >= 4 is 12.1 Å². The molecule has 0 rings (SSSR count). The molecule has 0 aliphatic heterocycles. The van der Waals surface area contributed by atoms with E-state index in [0.29, 0.717) is 0 Å². The van der Waals surface area contributed by atoms with Gasteiger partial charge in [-0.05, 0) is 20.8 Å². The Hall–Kier alpha value is -1.44. The maximum atomic E-state index is 11.9. The van der Waals surface area contributed by atoms with Crippen molar-refractivity contribution in [3.8, 4) is 0 Å². The molecule has 0 radical (unpaired) electrons. The van der Waals surface area contributed by atoms with Crippen molar-refractivity contribution in [2.24, 2.45) is 0 Å². The second kappa shape index (κ2) is 7.10. The van der Waals surface area contributed by atoms with Crippen LogP contribution < -0.4 is 5.32 Å². The predicted octanol–water partition coefficient (Wildman–Crippen LogP) is 1.29. The molecule has 1 atom stereocenters. The van der Waals surface area contributed by atoms with E-state index in [9.17, 15) is 18.4 Å². The van der Waals surface area contributed by atoms with E-state index in [-0.39, 0.29) is 0 Å². The van der Waals surface area contributed by atoms with Crippen molar-refractivity contribution < 1.29 is 32.6 Å². The van der Waals surface area contributed by atoms with Crippen LogP contribution in [-0.4, -0.2) is 44.0 Å². The Labute approximate surface area is 104 Å². The first-order chi connectivity index (χ1) is 8.15. The second-order valence-electron chi connectivity index (χ2n) is 4.32. The van der Waals surface area contributed by atoms with E-state index >= 15 is 0 Å². The van der Waals surface area contributed by atoms with Gasteiger partial charge in [0.15, 0.2) is 6.04 Å². The highest BCUT2D eigenvalue weighted by Crippen LogP contribution is 2.07. The summed E-state index contributed by atoms with van der Waals surface area (Å²) in [6.07, 6.45) is -0.921. The third-order valence-corrected chi connectivity index (χ3v) is 1.57. The number of carbonyl (C=O) groups excluding carboxylic acids is 2. The molecule has 0 aromatic heterocycles. The lowest BCUT2D eigenvalue weighted by atomic mass is 10.2. The van der Waals surface area contributed by atoms with E-state index in [4.69, 9.17) is 4.74 Å². The largest absolute Gasteiger partial charge is 0.467 e. The number of ether oxygens (including phenoxy) is 3. The molecule has 0 heterocycles. The summed E-state index contributed by atoms with van der Waals surface area (Å²) in [6.45, 7) is 1.11. The fourth-order valence-corrected chi connectivity index (χ4v) is 0.930. The summed E-state index contributed by atoms with van der Waals surface area (Å²) in [5.41, 5.74) is -0.770. The molecule has 0 unspecified atom stereocenters. The Morgan fingerprint density at radius 1 is 1.28 bits per heavy atom. The predicted molar refractivity (Wildman–Crippen MR) is 57.1 cm³/mol. The van der Waals surface area contributed by atoms with Gasteiger partial charge < -0.3 is 19.5 Å². The van der Waals surface area contributed by atoms with Gasteiger partial charge in [0.2, 0.25) is 0 Å². The average Bonchev–Trinajstić information content (AvgIpc) is 2.20. The van der Waals surface area contributed by atoms with Gasteiger partial charge in [-0.2, -0.15) is 8.78 Å². The van der Waals surface area contributed by atoms with Gasteiger partial charge in [0.05, 0.1) is 13.7 Å². The first kappa shape index (κ1) is 16.6. The van der Waals surface area contributed by atoms with Crippen molar-refractivity contribution in [2.45, 2.75) is 39.0 Å². The third-order valence-electron chi connectivity index (χ3n) is 1.57. The van der Waals surface area contributed by atoms with Crippen LogP contribution in [0.3, 0.4) is 0 Å². The van der Waals surface area contributed by atoms with E-state index in [2.05, 4.69) is 14.8 Å². The number of alkyl halides is 2. The minimum Gasteiger partial charge on any atom is -0.467 e. The molecule has 106 valence electrons. The number of amides is 1. The normalized spacial score (nSPS) is 13.1. The smallest absolute Gasteiger partial charge is 0.408 e. The quantitative estimate of drug-likeness (QED) is 0.761. The lowest BCUT2D eigenvalue weighted by molar-refractivity contribution is -0.156. The number of alkyl carbamates (subject to hydrolysis) is 1. The Balaban J connectivity index is 4.40. The lowest BCUT2D eigenvalue weighted by Gasteiger charge is -2.22. The molecule has 8 heteroatoms. The van der Waals surface area contributed by atoms with Gasteiger partial charge in [-0.3, -0.25) is 0 Å². The SMILES string of the molecule is COC(=O)[C@H](COC(F)F)NC(=O)OC(C)(C)C. The van der Waals surface area contributed by atoms with Crippen LogP contribution in [0.25, 0.3) is 0 Å². The van der Waals surface area contributed by atoms with Crippen molar-refractivity contribution in [1.29, 1.82) is 0 Å². The Bertz CT molecular complexity index is 290. The fraction of sp³-hybridized carbons (Fsp3) is 0.800. The Morgan fingerprint density at radius 3 is 2.22 bits per heavy atom. The number of halogens is 2. The standard InChI is InChI=1S/C10H17F2NO5/c1-10(2,3)18-9(15)13-6(7(14)16-4)5-17-8(11)12/h6,8H,5H2,1-4H3,(H,13,15)/t6-/m0/s1. The maximum Gasteiger partial charge on any atom is 0.408 e. The zero-order valence-corrected chi connectivity index (χ0v) is 10.7. The molecule has 0 saturated carbocycles. The molecule has 0 spiro atoms. The topological polar surface area (TPSA) is 73.9 Å². The molecule has 0 bridgehead atoms. The van der Waals surface area contributed by atoms with E-state index in [1.54, 1.807) is 20.8 Å². The molecule has 0 aromatic carbocycles. The molecule has 0 aliphatic rings. The first-order valence-electron chi connectivity index (χ1n) is 5.13. The van der Waals surface area contributed by atoms with E-state index in [1.165, 1.54) is 0 Å². The van der Waals surface area contributed by atoms with Crippen LogP contribution in [0.2, 0.25) is 0 Å². The number of hydrogen-bond donors (Lipinski definition) is 1. The fourth-order valence-electron chi connectivity index (χ4n) is 0.930. The highest BCUT2D eigenvalue weighted by molar-refractivity contribution is 5.81. The second-order valence-corrected chi connectivity index (χ2v) is 4.32. The average molecular weight is 269 g/mol. The van der Waals surface area contributed by atoms with Crippen LogP contribution in [0, 0.1) is 0 Å². The van der Waals surface area contributed by atoms with Crippen LogP contribution in [0.15, 0.2) is 0 Å². The highest BCUT2D eigenvalue weighted by atomic mass is 19.3. The maximum absolute atomic E-state index is 11.9. The van der Waals surface area contributed by atoms with Gasteiger partial charge >= 0.3 is 18.7 Å². The number of methoxy groups -OCH3 is 1. The number of rotatable bonds is 5. The molecule has 1 amide bonds. The molecule has 0 fully saturated rings. The van der Waals surface area contributed by atoms with E-state index < -0.39 is 36.9 Å². The molecular weight excluding hydrogens is 252 g/mol. The van der Waals surface area contributed by atoms with Crippen LogP contribution in [0.5, 0.6) is 0 Å². The summed E-state index contributed by atoms with van der Waals surface area (Å²) < 4.78 is 36.9. The monoisotopic (exact) mass is 269 g/mol. The van der Waals surface area contributed by atoms with Crippen molar-refractivity contribution in [2.75, 3.05) is 13.7 Å². The summed E-state index contributed by atoms with van der Waals surface area (Å²) in [5.74, 6) is -0.901. The van der Waals surface area contributed by atoms with Crippen LogP contribution in [0.1, 0.15) is 20.8 Å². The third kappa shape index (κ3) is 7.77. The molecule has 0 aliphatic carbocycles. The summed E-state index contributed by atoms with van der Waals surface area (Å²) >= 11 is 0. The van der Waals surface area contributed by atoms with Gasteiger partial charge in [0.1, 0.15) is 5.60 Å². The number of carbonyl (C=O) groups is 2. The molecule has 18 heavy (non-hydrogen) atoms. The lowest BCUT2D eigenvalue weighted by Crippen LogP contribution is -2.46. The number of hydrogen-bond acceptors (Lipinski definition) is 5. The molecule has 1 N–H and O–H groups in total. The van der Waals surface area contributed by atoms with Crippen LogP contribution >= 0.6 is 0 Å². The van der Waals surface area contributed by atoms with E-state index in [0.717, 1.165) is 7.11 Å². The zero-order valence-electron chi connectivity index (χ0n) is 10.7. The highest BCUT2D eigenvalue weighted by Gasteiger charge is 2.26.